The third-order valence-corrected chi connectivity index (χ3v) is 4.76. The topological polar surface area (TPSA) is 75.4 Å². The first-order valence-corrected chi connectivity index (χ1v) is 9.41. The van der Waals surface area contributed by atoms with E-state index in [1.54, 1.807) is 23.1 Å². The summed E-state index contributed by atoms with van der Waals surface area (Å²) in [5.74, 6) is -0.176. The normalized spacial score (nSPS) is 12.4. The third-order valence-electron chi connectivity index (χ3n) is 4.76. The maximum Gasteiger partial charge on any atom is 0.257 e. The first kappa shape index (κ1) is 19.0. The predicted molar refractivity (Wildman–Crippen MR) is 104 cm³/mol. The fraction of sp³-hybridized carbons (Fsp3) is 0.400. The Morgan fingerprint density at radius 3 is 2.70 bits per heavy atom. The highest BCUT2D eigenvalue weighted by molar-refractivity contribution is 5.99. The molecule has 0 saturated carbocycles. The number of hydrogen-bond donors (Lipinski definition) is 1. The van der Waals surface area contributed by atoms with E-state index < -0.39 is 0 Å². The van der Waals surface area contributed by atoms with Crippen molar-refractivity contribution >= 4 is 11.6 Å². The minimum Gasteiger partial charge on any atom is -0.345 e. The van der Waals surface area contributed by atoms with Gasteiger partial charge in [-0.1, -0.05) is 26.8 Å². The van der Waals surface area contributed by atoms with Gasteiger partial charge in [0.05, 0.1) is 12.2 Å². The second-order valence-electron chi connectivity index (χ2n) is 6.47. The summed E-state index contributed by atoms with van der Waals surface area (Å²) in [4.78, 5) is 23.7. The molecule has 7 nitrogen and oxygen atoms in total. The van der Waals surface area contributed by atoms with Crippen LogP contribution in [0.25, 0.3) is 5.65 Å². The van der Waals surface area contributed by atoms with Gasteiger partial charge in [0.1, 0.15) is 5.56 Å². The molecule has 0 saturated heterocycles. The van der Waals surface area contributed by atoms with Crippen LogP contribution in [-0.4, -0.2) is 43.5 Å². The summed E-state index contributed by atoms with van der Waals surface area (Å²) in [6.07, 6.45) is 9.62. The number of carbonyl (C=O) groups excluding carboxylic acids is 1. The van der Waals surface area contributed by atoms with E-state index in [1.165, 1.54) is 0 Å². The maximum absolute atomic E-state index is 12.8. The highest BCUT2D eigenvalue weighted by Crippen LogP contribution is 2.17. The first-order valence-electron chi connectivity index (χ1n) is 9.41. The van der Waals surface area contributed by atoms with Crippen LogP contribution in [0.4, 0.5) is 0 Å². The SMILES string of the molecule is CC[C@@H](NC(=O)c1cnn2cc(CN(CC)CC)cnc12)c1cccnc1. The van der Waals surface area contributed by atoms with Gasteiger partial charge in [-0.3, -0.25) is 14.7 Å². The van der Waals surface area contributed by atoms with Gasteiger partial charge in [0, 0.05) is 36.9 Å². The predicted octanol–water partition coefficient (Wildman–Crippen LogP) is 2.85. The molecule has 1 N–H and O–H groups in total. The average molecular weight is 366 g/mol. The molecular formula is C20H26N6O. The number of nitrogens with zero attached hydrogens (tertiary/aromatic N) is 5. The summed E-state index contributed by atoms with van der Waals surface area (Å²) < 4.78 is 1.68. The van der Waals surface area contributed by atoms with E-state index in [0.29, 0.717) is 11.2 Å². The quantitative estimate of drug-likeness (QED) is 0.663. The van der Waals surface area contributed by atoms with Crippen molar-refractivity contribution in [3.63, 3.8) is 0 Å². The van der Waals surface area contributed by atoms with Crippen molar-refractivity contribution in [1.82, 2.24) is 29.8 Å². The number of pyridine rings is 1. The number of amides is 1. The van der Waals surface area contributed by atoms with E-state index in [0.717, 1.165) is 37.2 Å². The van der Waals surface area contributed by atoms with E-state index in [1.807, 2.05) is 31.5 Å². The second-order valence-corrected chi connectivity index (χ2v) is 6.47. The molecular weight excluding hydrogens is 340 g/mol. The van der Waals surface area contributed by atoms with Gasteiger partial charge in [0.2, 0.25) is 0 Å². The van der Waals surface area contributed by atoms with Crippen molar-refractivity contribution in [2.45, 2.75) is 39.8 Å². The molecule has 1 amide bonds. The van der Waals surface area contributed by atoms with Crippen molar-refractivity contribution in [3.8, 4) is 0 Å². The fourth-order valence-corrected chi connectivity index (χ4v) is 3.10. The Bertz CT molecular complexity index is 888. The van der Waals surface area contributed by atoms with Crippen LogP contribution in [0.5, 0.6) is 0 Å². The molecule has 0 spiro atoms. The monoisotopic (exact) mass is 366 g/mol. The number of aromatic nitrogens is 4. The molecule has 3 heterocycles. The van der Waals surface area contributed by atoms with Crippen LogP contribution in [0.3, 0.4) is 0 Å². The molecule has 0 unspecified atom stereocenters. The second kappa shape index (κ2) is 8.73. The maximum atomic E-state index is 12.8. The standard InChI is InChI=1S/C20H26N6O/c1-4-18(16-8-7-9-21-11-16)24-20(27)17-12-23-26-14-15(10-22-19(17)26)13-25(5-2)6-3/h7-12,14,18H,4-6,13H2,1-3H3,(H,24,27)/t18-/m1/s1. The molecule has 0 fully saturated rings. The third kappa shape index (κ3) is 4.31. The Kier molecular flexibility index (Phi) is 6.13. The van der Waals surface area contributed by atoms with Crippen LogP contribution < -0.4 is 5.32 Å². The smallest absolute Gasteiger partial charge is 0.257 e. The molecule has 0 aliphatic carbocycles. The Labute approximate surface area is 159 Å². The first-order chi connectivity index (χ1) is 13.2. The molecule has 0 bridgehead atoms. The molecule has 0 aromatic carbocycles. The van der Waals surface area contributed by atoms with E-state index >= 15 is 0 Å². The zero-order valence-corrected chi connectivity index (χ0v) is 16.1. The van der Waals surface area contributed by atoms with Crippen molar-refractivity contribution in [3.05, 3.63) is 59.8 Å². The zero-order chi connectivity index (χ0) is 19.2. The Hall–Kier alpha value is -2.80. The molecule has 7 heteroatoms. The summed E-state index contributed by atoms with van der Waals surface area (Å²) in [6.45, 7) is 9.08. The van der Waals surface area contributed by atoms with E-state index in [9.17, 15) is 4.79 Å². The molecule has 142 valence electrons. The van der Waals surface area contributed by atoms with Crippen LogP contribution >= 0.6 is 0 Å². The van der Waals surface area contributed by atoms with Crippen molar-refractivity contribution in [2.75, 3.05) is 13.1 Å². The lowest BCUT2D eigenvalue weighted by molar-refractivity contribution is 0.0937. The van der Waals surface area contributed by atoms with Crippen molar-refractivity contribution in [1.29, 1.82) is 0 Å². The van der Waals surface area contributed by atoms with Crippen LogP contribution in [0.15, 0.2) is 43.1 Å². The van der Waals surface area contributed by atoms with Gasteiger partial charge in [-0.25, -0.2) is 9.50 Å². The summed E-state index contributed by atoms with van der Waals surface area (Å²) in [5, 5.41) is 7.39. The Morgan fingerprint density at radius 1 is 1.22 bits per heavy atom. The van der Waals surface area contributed by atoms with Gasteiger partial charge in [-0.15, -0.1) is 0 Å². The van der Waals surface area contributed by atoms with Crippen LogP contribution in [0.2, 0.25) is 0 Å². The minimum atomic E-state index is -0.176. The number of fused-ring (bicyclic) bond motifs is 1. The van der Waals surface area contributed by atoms with Crippen LogP contribution in [0.1, 0.15) is 54.7 Å². The molecule has 27 heavy (non-hydrogen) atoms. The molecule has 3 aromatic rings. The van der Waals surface area contributed by atoms with Crippen molar-refractivity contribution in [2.24, 2.45) is 0 Å². The zero-order valence-electron chi connectivity index (χ0n) is 16.1. The molecule has 3 rings (SSSR count). The Morgan fingerprint density at radius 2 is 2.04 bits per heavy atom. The van der Waals surface area contributed by atoms with E-state index in [-0.39, 0.29) is 11.9 Å². The lowest BCUT2D eigenvalue weighted by Crippen LogP contribution is -2.28. The molecule has 1 atom stereocenters. The molecule has 0 aliphatic heterocycles. The molecule has 3 aromatic heterocycles. The lowest BCUT2D eigenvalue weighted by atomic mass is 10.1. The summed E-state index contributed by atoms with van der Waals surface area (Å²) in [6, 6.07) is 3.75. The molecule has 0 radical (unpaired) electrons. The van der Waals surface area contributed by atoms with Crippen LogP contribution in [0, 0.1) is 0 Å². The largest absolute Gasteiger partial charge is 0.345 e. The molecule has 0 aliphatic rings. The van der Waals surface area contributed by atoms with Gasteiger partial charge in [-0.05, 0) is 31.1 Å². The van der Waals surface area contributed by atoms with Crippen molar-refractivity contribution < 1.29 is 4.79 Å². The number of carbonyl (C=O) groups is 1. The highest BCUT2D eigenvalue weighted by Gasteiger charge is 2.19. The van der Waals surface area contributed by atoms with Gasteiger partial charge in [-0.2, -0.15) is 5.10 Å². The van der Waals surface area contributed by atoms with Gasteiger partial charge in [0.15, 0.2) is 5.65 Å². The number of nitrogens with one attached hydrogen (secondary N) is 1. The summed E-state index contributed by atoms with van der Waals surface area (Å²) >= 11 is 0. The highest BCUT2D eigenvalue weighted by atomic mass is 16.1. The van der Waals surface area contributed by atoms with Gasteiger partial charge >= 0.3 is 0 Å². The average Bonchev–Trinajstić information content (AvgIpc) is 3.14. The number of hydrogen-bond acceptors (Lipinski definition) is 5. The fourth-order valence-electron chi connectivity index (χ4n) is 3.10. The van der Waals surface area contributed by atoms with Gasteiger partial charge in [0.25, 0.3) is 5.91 Å². The minimum absolute atomic E-state index is 0.0944. The summed E-state index contributed by atoms with van der Waals surface area (Å²) in [5.41, 5.74) is 3.10. The Balaban J connectivity index is 1.79. The number of rotatable bonds is 8. The van der Waals surface area contributed by atoms with E-state index in [4.69, 9.17) is 0 Å². The van der Waals surface area contributed by atoms with E-state index in [2.05, 4.69) is 39.1 Å². The van der Waals surface area contributed by atoms with Gasteiger partial charge < -0.3 is 5.32 Å². The van der Waals surface area contributed by atoms with Crippen LogP contribution in [-0.2, 0) is 6.54 Å². The summed E-state index contributed by atoms with van der Waals surface area (Å²) in [7, 11) is 0. The lowest BCUT2D eigenvalue weighted by Gasteiger charge is -2.17.